The van der Waals surface area contributed by atoms with Gasteiger partial charge in [0, 0.05) is 12.0 Å². The largest absolute Gasteiger partial charge is 0.345 e. The summed E-state index contributed by atoms with van der Waals surface area (Å²) in [5.74, 6) is 2.10. The molecule has 0 spiro atoms. The number of nitrogens with zero attached hydrogens (tertiary/aromatic N) is 2. The summed E-state index contributed by atoms with van der Waals surface area (Å²) >= 11 is 0. The Morgan fingerprint density at radius 1 is 1.00 bits per heavy atom. The Balaban J connectivity index is 1.48. The molecule has 1 heterocycles. The van der Waals surface area contributed by atoms with E-state index in [9.17, 15) is 9.59 Å². The molecule has 0 atom stereocenters. The molecular formula is C22H26N4O2. The number of carbonyl (C=O) groups excluding carboxylic acids is 2. The number of carbonyl (C=O) groups is 2. The minimum absolute atomic E-state index is 0.106. The van der Waals surface area contributed by atoms with Crippen molar-refractivity contribution in [2.45, 2.75) is 57.4 Å². The Bertz CT molecular complexity index is 919. The molecule has 4 aliphatic rings. The van der Waals surface area contributed by atoms with E-state index in [1.807, 2.05) is 24.3 Å². The van der Waals surface area contributed by atoms with E-state index in [-0.39, 0.29) is 28.9 Å². The van der Waals surface area contributed by atoms with Crippen LogP contribution in [-0.4, -0.2) is 27.3 Å². The van der Waals surface area contributed by atoms with Crippen LogP contribution in [0.15, 0.2) is 24.3 Å². The van der Waals surface area contributed by atoms with Crippen LogP contribution in [0.3, 0.4) is 0 Å². The monoisotopic (exact) mass is 378 g/mol. The highest BCUT2D eigenvalue weighted by Crippen LogP contribution is 2.55. The number of aromatic nitrogens is 2. The number of rotatable bonds is 4. The van der Waals surface area contributed by atoms with Crippen LogP contribution >= 0.6 is 0 Å². The first-order chi connectivity index (χ1) is 13.5. The molecule has 0 radical (unpaired) electrons. The molecule has 1 aromatic heterocycles. The fourth-order valence-electron chi connectivity index (χ4n) is 6.03. The first-order valence-corrected chi connectivity index (χ1v) is 10.4. The molecule has 6 rings (SSSR count). The summed E-state index contributed by atoms with van der Waals surface area (Å²) in [5, 5.41) is 6.11. The second-order valence-electron chi connectivity index (χ2n) is 8.96. The minimum atomic E-state index is -0.216. The van der Waals surface area contributed by atoms with Gasteiger partial charge in [0.1, 0.15) is 0 Å². The highest BCUT2D eigenvalue weighted by molar-refractivity contribution is 6.03. The van der Waals surface area contributed by atoms with Crippen LogP contribution in [0, 0.1) is 17.8 Å². The van der Waals surface area contributed by atoms with Gasteiger partial charge in [-0.05, 0) is 68.4 Å². The van der Waals surface area contributed by atoms with E-state index in [1.165, 1.54) is 19.3 Å². The van der Waals surface area contributed by atoms with Gasteiger partial charge in [0.05, 0.1) is 11.0 Å². The van der Waals surface area contributed by atoms with Crippen LogP contribution in [0.5, 0.6) is 0 Å². The van der Waals surface area contributed by atoms with Crippen molar-refractivity contribution < 1.29 is 9.59 Å². The zero-order valence-electron chi connectivity index (χ0n) is 16.2. The van der Waals surface area contributed by atoms with Crippen LogP contribution in [0.25, 0.3) is 11.0 Å². The van der Waals surface area contributed by atoms with E-state index in [4.69, 9.17) is 0 Å². The lowest BCUT2D eigenvalue weighted by molar-refractivity contribution is -0.115. The molecule has 6 heteroatoms. The van der Waals surface area contributed by atoms with Gasteiger partial charge in [-0.15, -0.1) is 0 Å². The number of fused-ring (bicyclic) bond motifs is 1. The number of hydrogen-bond donors (Lipinski definition) is 2. The number of amides is 2. The summed E-state index contributed by atoms with van der Waals surface area (Å²) in [4.78, 5) is 34.4. The van der Waals surface area contributed by atoms with Gasteiger partial charge in [-0.1, -0.05) is 19.1 Å². The highest BCUT2D eigenvalue weighted by Gasteiger charge is 2.51. The number of nitrogens with one attached hydrogen (secondary N) is 2. The van der Waals surface area contributed by atoms with Crippen LogP contribution in [0.4, 0.5) is 5.82 Å². The second-order valence-corrected chi connectivity index (χ2v) is 8.96. The van der Waals surface area contributed by atoms with Gasteiger partial charge in [0.15, 0.2) is 11.5 Å². The van der Waals surface area contributed by atoms with Crippen molar-refractivity contribution >= 4 is 28.7 Å². The zero-order valence-corrected chi connectivity index (χ0v) is 16.2. The quantitative estimate of drug-likeness (QED) is 0.850. The number of para-hydroxylation sites is 2. The van der Waals surface area contributed by atoms with Gasteiger partial charge >= 0.3 is 0 Å². The van der Waals surface area contributed by atoms with Crippen molar-refractivity contribution in [3.63, 3.8) is 0 Å². The molecule has 2 amide bonds. The van der Waals surface area contributed by atoms with Crippen molar-refractivity contribution in [3.8, 4) is 0 Å². The maximum Gasteiger partial charge on any atom is 0.274 e. The lowest BCUT2D eigenvalue weighted by atomic mass is 9.53. The molecule has 0 saturated heterocycles. The first kappa shape index (κ1) is 17.6. The molecule has 146 valence electrons. The average molecular weight is 378 g/mol. The third-order valence-electron chi connectivity index (χ3n) is 6.78. The van der Waals surface area contributed by atoms with E-state index in [1.54, 1.807) is 6.92 Å². The SMILES string of the molecule is CCC(=O)Nc1nc2ccccc2nc1C(=O)NC12CC3CC(CC(C3)C1)C2. The number of benzene rings is 1. The topological polar surface area (TPSA) is 84.0 Å². The molecule has 2 aromatic rings. The summed E-state index contributed by atoms with van der Waals surface area (Å²) in [6, 6.07) is 7.43. The standard InChI is InChI=1S/C22H26N4O2/c1-2-18(27)25-20-19(23-16-5-3-4-6-17(16)24-20)21(28)26-22-10-13-7-14(11-22)9-15(8-13)12-22/h3-6,13-15H,2,7-12H2,1H3,(H,26,28)(H,24,25,27). The molecule has 4 bridgehead atoms. The smallest absolute Gasteiger partial charge is 0.274 e. The molecule has 2 N–H and O–H groups in total. The Labute approximate surface area is 164 Å². The van der Waals surface area contributed by atoms with Crippen LogP contribution < -0.4 is 10.6 Å². The molecule has 4 fully saturated rings. The fourth-order valence-corrected chi connectivity index (χ4v) is 6.03. The average Bonchev–Trinajstić information content (AvgIpc) is 2.65. The van der Waals surface area contributed by atoms with E-state index < -0.39 is 0 Å². The van der Waals surface area contributed by atoms with Crippen molar-refractivity contribution in [1.82, 2.24) is 15.3 Å². The van der Waals surface area contributed by atoms with Gasteiger partial charge in [-0.2, -0.15) is 0 Å². The van der Waals surface area contributed by atoms with E-state index >= 15 is 0 Å². The van der Waals surface area contributed by atoms with Gasteiger partial charge in [0.25, 0.3) is 5.91 Å². The van der Waals surface area contributed by atoms with E-state index in [2.05, 4.69) is 20.6 Å². The molecule has 0 aliphatic heterocycles. The lowest BCUT2D eigenvalue weighted by Crippen LogP contribution is -2.60. The van der Waals surface area contributed by atoms with Crippen LogP contribution in [0.2, 0.25) is 0 Å². The van der Waals surface area contributed by atoms with Crippen molar-refractivity contribution in [2.24, 2.45) is 17.8 Å². The van der Waals surface area contributed by atoms with Crippen molar-refractivity contribution in [3.05, 3.63) is 30.0 Å². The number of anilines is 1. The van der Waals surface area contributed by atoms with Crippen molar-refractivity contribution in [1.29, 1.82) is 0 Å². The Morgan fingerprint density at radius 3 is 2.14 bits per heavy atom. The second kappa shape index (κ2) is 6.54. The molecule has 0 unspecified atom stereocenters. The third-order valence-corrected chi connectivity index (χ3v) is 6.78. The molecule has 28 heavy (non-hydrogen) atoms. The van der Waals surface area contributed by atoms with Gasteiger partial charge in [-0.25, -0.2) is 9.97 Å². The van der Waals surface area contributed by atoms with Gasteiger partial charge < -0.3 is 10.6 Å². The molecule has 6 nitrogen and oxygen atoms in total. The molecule has 4 aliphatic carbocycles. The third kappa shape index (κ3) is 3.05. The number of hydrogen-bond acceptors (Lipinski definition) is 4. The Kier molecular flexibility index (Phi) is 4.11. The van der Waals surface area contributed by atoms with E-state index in [0.717, 1.165) is 37.0 Å². The summed E-state index contributed by atoms with van der Waals surface area (Å²) in [5.41, 5.74) is 1.44. The lowest BCUT2D eigenvalue weighted by Gasteiger charge is -2.56. The summed E-state index contributed by atoms with van der Waals surface area (Å²) < 4.78 is 0. The first-order valence-electron chi connectivity index (χ1n) is 10.4. The molecule has 1 aromatic carbocycles. The predicted molar refractivity (Wildman–Crippen MR) is 107 cm³/mol. The fraction of sp³-hybridized carbons (Fsp3) is 0.545. The minimum Gasteiger partial charge on any atom is -0.345 e. The Morgan fingerprint density at radius 2 is 1.57 bits per heavy atom. The van der Waals surface area contributed by atoms with Gasteiger partial charge in [-0.3, -0.25) is 9.59 Å². The molecule has 4 saturated carbocycles. The Hall–Kier alpha value is -2.50. The predicted octanol–water partition coefficient (Wildman–Crippen LogP) is 3.68. The summed E-state index contributed by atoms with van der Waals surface area (Å²) in [6.07, 6.45) is 7.51. The van der Waals surface area contributed by atoms with E-state index in [0.29, 0.717) is 17.5 Å². The highest BCUT2D eigenvalue weighted by atomic mass is 16.2. The summed E-state index contributed by atoms with van der Waals surface area (Å²) in [7, 11) is 0. The van der Waals surface area contributed by atoms with Crippen molar-refractivity contribution in [2.75, 3.05) is 5.32 Å². The normalized spacial score (nSPS) is 30.4. The zero-order chi connectivity index (χ0) is 19.3. The van der Waals surface area contributed by atoms with Crippen LogP contribution in [-0.2, 0) is 4.79 Å². The maximum atomic E-state index is 13.3. The van der Waals surface area contributed by atoms with Gasteiger partial charge in [0.2, 0.25) is 5.91 Å². The molecular weight excluding hydrogens is 352 g/mol. The maximum absolute atomic E-state index is 13.3. The van der Waals surface area contributed by atoms with Crippen LogP contribution in [0.1, 0.15) is 62.4 Å². The summed E-state index contributed by atoms with van der Waals surface area (Å²) in [6.45, 7) is 1.78.